The minimum absolute atomic E-state index is 0.381. The minimum Gasteiger partial charge on any atom is -0.389 e. The molecule has 0 aromatic carbocycles. The van der Waals surface area contributed by atoms with Crippen LogP contribution in [0.1, 0.15) is 62.3 Å². The molecule has 0 fully saturated rings. The summed E-state index contributed by atoms with van der Waals surface area (Å²) in [5.74, 6) is 0.717. The molecular formula is C15H26N4S. The Bertz CT molecular complexity index is 446. The maximum atomic E-state index is 5.79. The van der Waals surface area contributed by atoms with E-state index in [1.165, 1.54) is 32.1 Å². The van der Waals surface area contributed by atoms with Gasteiger partial charge in [-0.05, 0) is 25.8 Å². The first-order chi connectivity index (χ1) is 9.57. The van der Waals surface area contributed by atoms with Gasteiger partial charge >= 0.3 is 0 Å². The van der Waals surface area contributed by atoms with Crippen LogP contribution >= 0.6 is 12.2 Å². The van der Waals surface area contributed by atoms with Gasteiger partial charge in [0.05, 0.1) is 11.3 Å². The summed E-state index contributed by atoms with van der Waals surface area (Å²) in [5.41, 5.74) is 8.51. The lowest BCUT2D eigenvalue weighted by Crippen LogP contribution is -2.18. The molecule has 3 N–H and O–H groups in total. The standard InChI is InChI=1S/C15H26N4S/c1-4-5-6-7-8-9-10-17-15-13(14(16)20)11(2)12(3)18-19-15/h4-10H2,1-3H3,(H2,16,20)(H,17,19). The molecule has 0 aliphatic carbocycles. The zero-order chi connectivity index (χ0) is 15.0. The number of aromatic nitrogens is 2. The molecule has 0 radical (unpaired) electrons. The van der Waals surface area contributed by atoms with Crippen LogP contribution in [0.5, 0.6) is 0 Å². The van der Waals surface area contributed by atoms with E-state index in [0.717, 1.165) is 29.8 Å². The van der Waals surface area contributed by atoms with Crippen molar-refractivity contribution in [3.63, 3.8) is 0 Å². The highest BCUT2D eigenvalue weighted by Crippen LogP contribution is 2.18. The molecule has 0 spiro atoms. The molecule has 20 heavy (non-hydrogen) atoms. The van der Waals surface area contributed by atoms with Gasteiger partial charge in [0.25, 0.3) is 0 Å². The molecular weight excluding hydrogens is 268 g/mol. The van der Waals surface area contributed by atoms with E-state index in [0.29, 0.717) is 10.8 Å². The molecule has 0 aliphatic heterocycles. The fourth-order valence-electron chi connectivity index (χ4n) is 2.15. The van der Waals surface area contributed by atoms with Gasteiger partial charge in [0.15, 0.2) is 5.82 Å². The van der Waals surface area contributed by atoms with Crippen molar-refractivity contribution in [2.24, 2.45) is 5.73 Å². The third-order valence-electron chi connectivity index (χ3n) is 3.52. The highest BCUT2D eigenvalue weighted by molar-refractivity contribution is 7.80. The molecule has 0 unspecified atom stereocenters. The summed E-state index contributed by atoms with van der Waals surface area (Å²) in [7, 11) is 0. The number of thiocarbonyl (C=S) groups is 1. The van der Waals surface area contributed by atoms with Crippen molar-refractivity contribution in [1.29, 1.82) is 0 Å². The molecule has 0 saturated heterocycles. The van der Waals surface area contributed by atoms with Crippen molar-refractivity contribution in [3.8, 4) is 0 Å². The second-order valence-electron chi connectivity index (χ2n) is 5.19. The Labute approximate surface area is 127 Å². The predicted octanol–water partition coefficient (Wildman–Crippen LogP) is 3.50. The maximum absolute atomic E-state index is 5.79. The van der Waals surface area contributed by atoms with Crippen LogP contribution < -0.4 is 11.1 Å². The number of nitrogens with one attached hydrogen (secondary N) is 1. The van der Waals surface area contributed by atoms with Gasteiger partial charge in [0.1, 0.15) is 4.99 Å². The van der Waals surface area contributed by atoms with Crippen LogP contribution in [0.15, 0.2) is 0 Å². The molecule has 1 rings (SSSR count). The van der Waals surface area contributed by atoms with E-state index in [4.69, 9.17) is 18.0 Å². The molecule has 0 saturated carbocycles. The van der Waals surface area contributed by atoms with E-state index in [1.807, 2.05) is 13.8 Å². The monoisotopic (exact) mass is 294 g/mol. The number of anilines is 1. The Morgan fingerprint density at radius 1 is 1.10 bits per heavy atom. The largest absolute Gasteiger partial charge is 0.389 e. The molecule has 5 heteroatoms. The average molecular weight is 294 g/mol. The summed E-state index contributed by atoms with van der Waals surface area (Å²) in [4.78, 5) is 0.381. The summed E-state index contributed by atoms with van der Waals surface area (Å²) in [6.07, 6.45) is 7.63. The Morgan fingerprint density at radius 2 is 1.75 bits per heavy atom. The van der Waals surface area contributed by atoms with Crippen LogP contribution in [-0.4, -0.2) is 21.7 Å². The first-order valence-electron chi connectivity index (χ1n) is 7.45. The highest BCUT2D eigenvalue weighted by Gasteiger charge is 2.12. The lowest BCUT2D eigenvalue weighted by Gasteiger charge is -2.13. The van der Waals surface area contributed by atoms with Gasteiger partial charge in [0.2, 0.25) is 0 Å². The predicted molar refractivity (Wildman–Crippen MR) is 89.3 cm³/mol. The quantitative estimate of drug-likeness (QED) is 0.539. The van der Waals surface area contributed by atoms with E-state index >= 15 is 0 Å². The number of hydrogen-bond donors (Lipinski definition) is 2. The second kappa shape index (κ2) is 8.84. The summed E-state index contributed by atoms with van der Waals surface area (Å²) in [5, 5.41) is 11.6. The fraction of sp³-hybridized carbons (Fsp3) is 0.667. The van der Waals surface area contributed by atoms with Crippen LogP contribution in [0.3, 0.4) is 0 Å². The average Bonchev–Trinajstić information content (AvgIpc) is 2.41. The smallest absolute Gasteiger partial charge is 0.159 e. The van der Waals surface area contributed by atoms with Gasteiger partial charge in [-0.1, -0.05) is 51.2 Å². The van der Waals surface area contributed by atoms with Crippen molar-refractivity contribution in [3.05, 3.63) is 16.8 Å². The van der Waals surface area contributed by atoms with Crippen LogP contribution in [0, 0.1) is 13.8 Å². The highest BCUT2D eigenvalue weighted by atomic mass is 32.1. The van der Waals surface area contributed by atoms with Gasteiger partial charge in [-0.15, -0.1) is 5.10 Å². The molecule has 0 bridgehead atoms. The minimum atomic E-state index is 0.381. The molecule has 1 heterocycles. The Balaban J connectivity index is 2.48. The lowest BCUT2D eigenvalue weighted by molar-refractivity contribution is 0.616. The zero-order valence-corrected chi connectivity index (χ0v) is 13.6. The van der Waals surface area contributed by atoms with Gasteiger partial charge in [-0.25, -0.2) is 0 Å². The fourth-order valence-corrected chi connectivity index (χ4v) is 2.40. The first-order valence-corrected chi connectivity index (χ1v) is 7.86. The van der Waals surface area contributed by atoms with E-state index in [1.54, 1.807) is 0 Å². The molecule has 0 aliphatic rings. The van der Waals surface area contributed by atoms with E-state index in [9.17, 15) is 0 Å². The summed E-state index contributed by atoms with van der Waals surface area (Å²) < 4.78 is 0. The zero-order valence-electron chi connectivity index (χ0n) is 12.8. The number of hydrogen-bond acceptors (Lipinski definition) is 4. The summed E-state index contributed by atoms with van der Waals surface area (Å²) in [6.45, 7) is 7.02. The van der Waals surface area contributed by atoms with Crippen LogP contribution in [0.4, 0.5) is 5.82 Å². The Kier molecular flexibility index (Phi) is 7.44. The third-order valence-corrected chi connectivity index (χ3v) is 3.73. The van der Waals surface area contributed by atoms with Gasteiger partial charge in [-0.3, -0.25) is 0 Å². The van der Waals surface area contributed by atoms with E-state index in [-0.39, 0.29) is 0 Å². The number of rotatable bonds is 9. The van der Waals surface area contributed by atoms with Crippen molar-refractivity contribution in [2.45, 2.75) is 59.3 Å². The molecule has 0 atom stereocenters. The van der Waals surface area contributed by atoms with Crippen molar-refractivity contribution in [1.82, 2.24) is 10.2 Å². The van der Waals surface area contributed by atoms with Crippen molar-refractivity contribution >= 4 is 23.0 Å². The summed E-state index contributed by atoms with van der Waals surface area (Å²) in [6, 6.07) is 0. The van der Waals surface area contributed by atoms with E-state index < -0.39 is 0 Å². The van der Waals surface area contributed by atoms with Crippen molar-refractivity contribution in [2.75, 3.05) is 11.9 Å². The molecule has 1 aromatic heterocycles. The summed E-state index contributed by atoms with van der Waals surface area (Å²) >= 11 is 5.12. The van der Waals surface area contributed by atoms with E-state index in [2.05, 4.69) is 22.4 Å². The molecule has 1 aromatic rings. The first kappa shape index (κ1) is 16.8. The molecule has 0 amide bonds. The second-order valence-corrected chi connectivity index (χ2v) is 5.63. The maximum Gasteiger partial charge on any atom is 0.159 e. The molecule has 112 valence electrons. The van der Waals surface area contributed by atoms with Crippen LogP contribution in [0.25, 0.3) is 0 Å². The molecule has 4 nitrogen and oxygen atoms in total. The SMILES string of the molecule is CCCCCCCCNc1nnc(C)c(C)c1C(N)=S. The lowest BCUT2D eigenvalue weighted by atomic mass is 10.1. The van der Waals surface area contributed by atoms with Crippen LogP contribution in [0.2, 0.25) is 0 Å². The van der Waals surface area contributed by atoms with Crippen LogP contribution in [-0.2, 0) is 0 Å². The topological polar surface area (TPSA) is 63.8 Å². The normalized spacial score (nSPS) is 10.6. The van der Waals surface area contributed by atoms with Gasteiger partial charge in [-0.2, -0.15) is 5.10 Å². The Morgan fingerprint density at radius 3 is 2.40 bits per heavy atom. The number of unbranched alkanes of at least 4 members (excludes halogenated alkanes) is 5. The number of nitrogens with two attached hydrogens (primary N) is 1. The Hall–Kier alpha value is -1.23. The van der Waals surface area contributed by atoms with Crippen molar-refractivity contribution < 1.29 is 0 Å². The third kappa shape index (κ3) is 5.04. The van der Waals surface area contributed by atoms with Gasteiger partial charge < -0.3 is 11.1 Å². The number of nitrogens with zero attached hydrogens (tertiary/aromatic N) is 2. The number of aryl methyl sites for hydroxylation is 1. The van der Waals surface area contributed by atoms with Gasteiger partial charge in [0, 0.05) is 6.54 Å².